The molecule has 1 N–H and O–H groups in total. The summed E-state index contributed by atoms with van der Waals surface area (Å²) in [7, 11) is 0. The smallest absolute Gasteiger partial charge is 0.276 e. The number of aryl methyl sites for hydroxylation is 1. The average molecular weight is 381 g/mol. The summed E-state index contributed by atoms with van der Waals surface area (Å²) in [6.45, 7) is 0.419. The first-order valence-electron chi connectivity index (χ1n) is 8.63. The lowest BCUT2D eigenvalue weighted by Crippen LogP contribution is -2.24. The molecule has 3 heterocycles. The number of aromatic nitrogens is 3. The Morgan fingerprint density at radius 1 is 1.07 bits per heavy atom. The van der Waals surface area contributed by atoms with E-state index in [2.05, 4.69) is 10.3 Å². The van der Waals surface area contributed by atoms with Gasteiger partial charge in [-0.25, -0.2) is 4.98 Å². The number of anilines is 1. The zero-order valence-corrected chi connectivity index (χ0v) is 15.2. The largest absolute Gasteiger partial charge is 0.326 e. The second-order valence-electron chi connectivity index (χ2n) is 6.22. The first kappa shape index (κ1) is 17.3. The minimum Gasteiger partial charge on any atom is -0.326 e. The van der Waals surface area contributed by atoms with Crippen LogP contribution in [0.2, 0.25) is 5.02 Å². The van der Waals surface area contributed by atoms with E-state index in [1.165, 1.54) is 0 Å². The van der Waals surface area contributed by atoms with Crippen molar-refractivity contribution in [2.24, 2.45) is 0 Å². The molecule has 0 aliphatic rings. The summed E-state index contributed by atoms with van der Waals surface area (Å²) in [6.07, 6.45) is 4.35. The highest BCUT2D eigenvalue weighted by Gasteiger charge is 2.11. The second-order valence-corrected chi connectivity index (χ2v) is 6.66. The lowest BCUT2D eigenvalue weighted by atomic mass is 10.2. The van der Waals surface area contributed by atoms with E-state index in [0.717, 1.165) is 5.52 Å². The third kappa shape index (κ3) is 3.44. The van der Waals surface area contributed by atoms with Crippen LogP contribution < -0.4 is 10.9 Å². The fraction of sp³-hybridized carbons (Fsp3) is 0.150. The first-order chi connectivity index (χ1) is 13.1. The van der Waals surface area contributed by atoms with Gasteiger partial charge in [-0.3, -0.25) is 14.2 Å². The van der Waals surface area contributed by atoms with E-state index in [0.29, 0.717) is 41.3 Å². The van der Waals surface area contributed by atoms with Crippen molar-refractivity contribution in [1.29, 1.82) is 0 Å². The molecule has 1 amide bonds. The summed E-state index contributed by atoms with van der Waals surface area (Å²) in [4.78, 5) is 29.3. The maximum absolute atomic E-state index is 12.8. The van der Waals surface area contributed by atoms with Crippen molar-refractivity contribution < 1.29 is 4.79 Å². The molecular formula is C20H17ClN4O2. The zero-order chi connectivity index (χ0) is 18.8. The molecule has 27 heavy (non-hydrogen) atoms. The second kappa shape index (κ2) is 7.25. The van der Waals surface area contributed by atoms with Gasteiger partial charge in [-0.2, -0.15) is 0 Å². The molecule has 0 spiro atoms. The van der Waals surface area contributed by atoms with Gasteiger partial charge in [0.15, 0.2) is 5.65 Å². The van der Waals surface area contributed by atoms with Crippen LogP contribution in [-0.4, -0.2) is 19.9 Å². The molecule has 0 unspecified atom stereocenters. The molecule has 3 aromatic heterocycles. The van der Waals surface area contributed by atoms with Gasteiger partial charge in [0, 0.05) is 36.1 Å². The van der Waals surface area contributed by atoms with Gasteiger partial charge in [-0.1, -0.05) is 11.6 Å². The predicted molar refractivity (Wildman–Crippen MR) is 106 cm³/mol. The highest BCUT2D eigenvalue weighted by Crippen LogP contribution is 2.15. The molecule has 6 nitrogen and oxygen atoms in total. The number of halogens is 1. The number of hydrogen-bond acceptors (Lipinski definition) is 3. The summed E-state index contributed by atoms with van der Waals surface area (Å²) in [6, 6.07) is 14.4. The van der Waals surface area contributed by atoms with Crippen molar-refractivity contribution in [3.63, 3.8) is 0 Å². The number of carbonyl (C=O) groups is 1. The molecule has 0 aliphatic carbocycles. The number of rotatable bonds is 5. The Labute approximate surface area is 160 Å². The molecule has 0 aliphatic heterocycles. The maximum Gasteiger partial charge on any atom is 0.276 e. The van der Waals surface area contributed by atoms with Gasteiger partial charge in [-0.05, 0) is 55.0 Å². The number of carbonyl (C=O) groups excluding carboxylic acids is 1. The van der Waals surface area contributed by atoms with Crippen LogP contribution in [0.15, 0.2) is 65.7 Å². The van der Waals surface area contributed by atoms with Crippen LogP contribution in [0.3, 0.4) is 0 Å². The molecule has 0 atom stereocenters. The van der Waals surface area contributed by atoms with E-state index >= 15 is 0 Å². The van der Waals surface area contributed by atoms with Crippen molar-refractivity contribution in [3.8, 4) is 0 Å². The Kier molecular flexibility index (Phi) is 4.64. The number of amides is 1. The maximum atomic E-state index is 12.8. The van der Waals surface area contributed by atoms with Gasteiger partial charge in [0.05, 0.1) is 5.52 Å². The standard InChI is InChI=1S/C20H17ClN4O2/c21-14-7-9-15(10-8-14)23-18(26)6-3-13-25-19-16(4-1-11-22-19)24-12-2-5-17(24)20(25)27/h1-2,4-5,7-12H,3,6,13H2,(H,23,26). The van der Waals surface area contributed by atoms with Gasteiger partial charge in [0.25, 0.3) is 5.56 Å². The molecule has 7 heteroatoms. The molecule has 1 aromatic carbocycles. The Hall–Kier alpha value is -3.12. The van der Waals surface area contributed by atoms with E-state index in [4.69, 9.17) is 11.6 Å². The molecular weight excluding hydrogens is 364 g/mol. The minimum atomic E-state index is -0.107. The van der Waals surface area contributed by atoms with Gasteiger partial charge in [0.1, 0.15) is 5.52 Å². The number of nitrogens with zero attached hydrogens (tertiary/aromatic N) is 3. The Bertz CT molecular complexity index is 1180. The van der Waals surface area contributed by atoms with E-state index in [1.807, 2.05) is 28.8 Å². The Morgan fingerprint density at radius 3 is 2.67 bits per heavy atom. The van der Waals surface area contributed by atoms with Gasteiger partial charge in [-0.15, -0.1) is 0 Å². The number of hydrogen-bond donors (Lipinski definition) is 1. The highest BCUT2D eigenvalue weighted by atomic mass is 35.5. The summed E-state index contributed by atoms with van der Waals surface area (Å²) in [5, 5.41) is 3.45. The molecule has 0 fully saturated rings. The van der Waals surface area contributed by atoms with Crippen LogP contribution in [0.4, 0.5) is 5.69 Å². The van der Waals surface area contributed by atoms with Crippen LogP contribution in [0.1, 0.15) is 12.8 Å². The van der Waals surface area contributed by atoms with Crippen LogP contribution in [0.5, 0.6) is 0 Å². The molecule has 4 rings (SSSR count). The average Bonchev–Trinajstić information content (AvgIpc) is 3.17. The molecule has 0 saturated carbocycles. The van der Waals surface area contributed by atoms with Crippen molar-refractivity contribution in [3.05, 3.63) is 76.3 Å². The summed E-state index contributed by atoms with van der Waals surface area (Å²) in [5.41, 5.74) is 2.67. The first-order valence-corrected chi connectivity index (χ1v) is 9.01. The summed E-state index contributed by atoms with van der Waals surface area (Å²) >= 11 is 5.84. The quantitative estimate of drug-likeness (QED) is 0.573. The fourth-order valence-corrected chi connectivity index (χ4v) is 3.27. The molecule has 4 aromatic rings. The predicted octanol–water partition coefficient (Wildman–Crippen LogP) is 3.72. The van der Waals surface area contributed by atoms with Crippen molar-refractivity contribution in [2.75, 3.05) is 5.32 Å². The molecule has 136 valence electrons. The SMILES string of the molecule is O=C(CCCn1c(=O)c2cccn2c2cccnc21)Nc1ccc(Cl)cc1. The molecule has 0 bridgehead atoms. The monoisotopic (exact) mass is 380 g/mol. The van der Waals surface area contributed by atoms with Gasteiger partial charge < -0.3 is 9.72 Å². The summed E-state index contributed by atoms with van der Waals surface area (Å²) in [5.74, 6) is -0.105. The number of benzene rings is 1. The fourth-order valence-electron chi connectivity index (χ4n) is 3.15. The Morgan fingerprint density at radius 2 is 1.85 bits per heavy atom. The number of nitrogens with one attached hydrogen (secondary N) is 1. The number of pyridine rings is 1. The molecule has 0 saturated heterocycles. The van der Waals surface area contributed by atoms with Gasteiger partial charge >= 0.3 is 0 Å². The number of fused-ring (bicyclic) bond motifs is 3. The minimum absolute atomic E-state index is 0.105. The highest BCUT2D eigenvalue weighted by molar-refractivity contribution is 6.30. The van der Waals surface area contributed by atoms with E-state index in [1.54, 1.807) is 41.1 Å². The Balaban J connectivity index is 1.51. The van der Waals surface area contributed by atoms with Crippen LogP contribution >= 0.6 is 11.6 Å². The van der Waals surface area contributed by atoms with Crippen LogP contribution in [0.25, 0.3) is 16.7 Å². The van der Waals surface area contributed by atoms with Crippen LogP contribution in [0, 0.1) is 0 Å². The van der Waals surface area contributed by atoms with E-state index in [-0.39, 0.29) is 11.5 Å². The topological polar surface area (TPSA) is 68.4 Å². The summed E-state index contributed by atoms with van der Waals surface area (Å²) < 4.78 is 3.48. The van der Waals surface area contributed by atoms with E-state index in [9.17, 15) is 9.59 Å². The van der Waals surface area contributed by atoms with Crippen molar-refractivity contribution >= 4 is 39.9 Å². The lowest BCUT2D eigenvalue weighted by Gasteiger charge is -2.11. The lowest BCUT2D eigenvalue weighted by molar-refractivity contribution is -0.116. The van der Waals surface area contributed by atoms with Gasteiger partial charge in [0.2, 0.25) is 5.91 Å². The third-order valence-corrected chi connectivity index (χ3v) is 4.66. The van der Waals surface area contributed by atoms with Crippen molar-refractivity contribution in [2.45, 2.75) is 19.4 Å². The third-order valence-electron chi connectivity index (χ3n) is 4.41. The van der Waals surface area contributed by atoms with E-state index < -0.39 is 0 Å². The van der Waals surface area contributed by atoms with Crippen LogP contribution in [-0.2, 0) is 11.3 Å². The normalized spacial score (nSPS) is 11.1. The van der Waals surface area contributed by atoms with Crippen molar-refractivity contribution in [1.82, 2.24) is 14.0 Å². The zero-order valence-electron chi connectivity index (χ0n) is 14.4. The molecule has 0 radical (unpaired) electrons.